The largest absolute Gasteiger partial charge is 0.481 e. The summed E-state index contributed by atoms with van der Waals surface area (Å²) in [7, 11) is 0. The Kier molecular flexibility index (Phi) is 6.13. The lowest BCUT2D eigenvalue weighted by atomic mass is 10.2. The first kappa shape index (κ1) is 16.4. The Hall–Kier alpha value is -2.63. The molecule has 2 N–H and O–H groups in total. The molecule has 1 aromatic rings. The van der Waals surface area contributed by atoms with Crippen molar-refractivity contribution in [2.75, 3.05) is 6.54 Å². The molecule has 0 bridgehead atoms. The third kappa shape index (κ3) is 5.48. The lowest BCUT2D eigenvalue weighted by Crippen LogP contribution is -2.43. The average Bonchev–Trinajstić information content (AvgIpc) is 2.45. The van der Waals surface area contributed by atoms with Crippen LogP contribution in [0, 0.1) is 0 Å². The van der Waals surface area contributed by atoms with Gasteiger partial charge in [-0.3, -0.25) is 9.59 Å². The quantitative estimate of drug-likeness (QED) is 0.742. The molecule has 112 valence electrons. The van der Waals surface area contributed by atoms with Crippen LogP contribution >= 0.6 is 0 Å². The number of carbonyl (C=O) groups excluding carboxylic acids is 1. The Bertz CT molecular complexity index is 538. The van der Waals surface area contributed by atoms with Gasteiger partial charge in [-0.1, -0.05) is 30.3 Å². The van der Waals surface area contributed by atoms with Gasteiger partial charge in [-0.2, -0.15) is 0 Å². The summed E-state index contributed by atoms with van der Waals surface area (Å²) in [5.74, 6) is -2.80. The van der Waals surface area contributed by atoms with E-state index in [9.17, 15) is 14.4 Å². The van der Waals surface area contributed by atoms with Crippen LogP contribution in [0.25, 0.3) is 6.08 Å². The average molecular weight is 291 g/mol. The molecule has 0 aliphatic rings. The summed E-state index contributed by atoms with van der Waals surface area (Å²) >= 11 is 0. The highest BCUT2D eigenvalue weighted by Crippen LogP contribution is 2.06. The SMILES string of the molecule is CC(C(=O)O)N(CCC(=O)O)C(=O)/C=C/c1ccccc1. The van der Waals surface area contributed by atoms with E-state index in [1.807, 2.05) is 18.2 Å². The summed E-state index contributed by atoms with van der Waals surface area (Å²) in [5, 5.41) is 17.7. The van der Waals surface area contributed by atoms with Crippen molar-refractivity contribution in [3.63, 3.8) is 0 Å². The van der Waals surface area contributed by atoms with E-state index in [1.165, 1.54) is 13.0 Å². The lowest BCUT2D eigenvalue weighted by Gasteiger charge is -2.24. The van der Waals surface area contributed by atoms with Crippen molar-refractivity contribution in [1.29, 1.82) is 0 Å². The number of amides is 1. The molecule has 1 unspecified atom stereocenters. The van der Waals surface area contributed by atoms with Crippen LogP contribution in [0.4, 0.5) is 0 Å². The van der Waals surface area contributed by atoms with Crippen LogP contribution in [0.3, 0.4) is 0 Å². The number of hydrogen-bond donors (Lipinski definition) is 2. The monoisotopic (exact) mass is 291 g/mol. The fourth-order valence-corrected chi connectivity index (χ4v) is 1.67. The zero-order chi connectivity index (χ0) is 15.8. The second-order valence-corrected chi connectivity index (χ2v) is 4.43. The van der Waals surface area contributed by atoms with Gasteiger partial charge >= 0.3 is 11.9 Å². The summed E-state index contributed by atoms with van der Waals surface area (Å²) in [6.45, 7) is 1.19. The predicted molar refractivity (Wildman–Crippen MR) is 76.5 cm³/mol. The molecule has 1 rings (SSSR count). The van der Waals surface area contributed by atoms with Crippen molar-refractivity contribution >= 4 is 23.9 Å². The Labute approximate surface area is 122 Å². The number of aliphatic carboxylic acids is 2. The predicted octanol–water partition coefficient (Wildman–Crippen LogP) is 1.48. The summed E-state index contributed by atoms with van der Waals surface area (Å²) in [5.41, 5.74) is 0.798. The number of rotatable bonds is 7. The van der Waals surface area contributed by atoms with Crippen LogP contribution in [0.15, 0.2) is 36.4 Å². The molecule has 0 fully saturated rings. The van der Waals surface area contributed by atoms with Gasteiger partial charge in [-0.15, -0.1) is 0 Å². The van der Waals surface area contributed by atoms with Gasteiger partial charge in [0.25, 0.3) is 0 Å². The van der Waals surface area contributed by atoms with Gasteiger partial charge in [0.1, 0.15) is 6.04 Å². The molecule has 0 saturated carbocycles. The topological polar surface area (TPSA) is 94.9 Å². The maximum Gasteiger partial charge on any atom is 0.326 e. The van der Waals surface area contributed by atoms with Crippen LogP contribution in [-0.4, -0.2) is 45.5 Å². The number of nitrogens with zero attached hydrogens (tertiary/aromatic N) is 1. The molecule has 0 saturated heterocycles. The molecule has 0 radical (unpaired) electrons. The van der Waals surface area contributed by atoms with Crippen molar-refractivity contribution in [2.24, 2.45) is 0 Å². The molecule has 6 heteroatoms. The van der Waals surface area contributed by atoms with Gasteiger partial charge in [0.05, 0.1) is 6.42 Å². The summed E-state index contributed by atoms with van der Waals surface area (Å²) < 4.78 is 0. The Morgan fingerprint density at radius 2 is 1.81 bits per heavy atom. The zero-order valence-corrected chi connectivity index (χ0v) is 11.6. The van der Waals surface area contributed by atoms with E-state index in [0.717, 1.165) is 10.5 Å². The third-order valence-electron chi connectivity index (χ3n) is 2.89. The first-order valence-corrected chi connectivity index (χ1v) is 6.40. The minimum Gasteiger partial charge on any atom is -0.481 e. The number of benzene rings is 1. The van der Waals surface area contributed by atoms with E-state index >= 15 is 0 Å². The van der Waals surface area contributed by atoms with E-state index in [4.69, 9.17) is 10.2 Å². The normalized spacial score (nSPS) is 12.0. The first-order valence-electron chi connectivity index (χ1n) is 6.40. The standard InChI is InChI=1S/C15H17NO5/c1-11(15(20)21)16(10-9-14(18)19)13(17)8-7-12-5-3-2-4-6-12/h2-8,11H,9-10H2,1H3,(H,18,19)(H,20,21)/b8-7+. The minimum absolute atomic E-state index is 0.152. The van der Waals surface area contributed by atoms with E-state index in [0.29, 0.717) is 0 Å². The maximum atomic E-state index is 12.1. The molecule has 1 atom stereocenters. The van der Waals surface area contributed by atoms with Crippen molar-refractivity contribution in [2.45, 2.75) is 19.4 Å². The van der Waals surface area contributed by atoms with E-state index in [1.54, 1.807) is 18.2 Å². The lowest BCUT2D eigenvalue weighted by molar-refractivity contribution is -0.149. The van der Waals surface area contributed by atoms with E-state index in [2.05, 4.69) is 0 Å². The summed E-state index contributed by atoms with van der Waals surface area (Å²) in [6, 6.07) is 7.97. The first-order chi connectivity index (χ1) is 9.91. The van der Waals surface area contributed by atoms with Gasteiger partial charge in [0.2, 0.25) is 5.91 Å². The molecule has 0 heterocycles. The highest BCUT2D eigenvalue weighted by atomic mass is 16.4. The second-order valence-electron chi connectivity index (χ2n) is 4.43. The molecule has 0 aromatic heterocycles. The van der Waals surface area contributed by atoms with Crippen molar-refractivity contribution in [1.82, 2.24) is 4.90 Å². The highest BCUT2D eigenvalue weighted by Gasteiger charge is 2.24. The molecular formula is C15H17NO5. The second kappa shape index (κ2) is 7.84. The van der Waals surface area contributed by atoms with Gasteiger partial charge in [0.15, 0.2) is 0 Å². The highest BCUT2D eigenvalue weighted by molar-refractivity contribution is 5.94. The Balaban J connectivity index is 2.81. The zero-order valence-electron chi connectivity index (χ0n) is 11.6. The molecule has 0 aliphatic carbocycles. The maximum absolute atomic E-state index is 12.1. The molecule has 1 amide bonds. The molecule has 1 aromatic carbocycles. The summed E-state index contributed by atoms with van der Waals surface area (Å²) in [4.78, 5) is 34.7. The third-order valence-corrected chi connectivity index (χ3v) is 2.89. The van der Waals surface area contributed by atoms with Crippen LogP contribution in [0.1, 0.15) is 18.9 Å². The Morgan fingerprint density at radius 3 is 2.33 bits per heavy atom. The Morgan fingerprint density at radius 1 is 1.19 bits per heavy atom. The van der Waals surface area contributed by atoms with Crippen LogP contribution in [-0.2, 0) is 14.4 Å². The number of hydrogen-bond acceptors (Lipinski definition) is 3. The summed E-state index contributed by atoms with van der Waals surface area (Å²) in [6.07, 6.45) is 2.50. The van der Waals surface area contributed by atoms with E-state index in [-0.39, 0.29) is 13.0 Å². The van der Waals surface area contributed by atoms with Crippen molar-refractivity contribution in [3.8, 4) is 0 Å². The number of carbonyl (C=O) groups is 3. The smallest absolute Gasteiger partial charge is 0.326 e. The molecule has 0 aliphatic heterocycles. The van der Waals surface area contributed by atoms with Gasteiger partial charge in [0, 0.05) is 12.6 Å². The van der Waals surface area contributed by atoms with Crippen LogP contribution < -0.4 is 0 Å². The van der Waals surface area contributed by atoms with Gasteiger partial charge in [-0.05, 0) is 18.6 Å². The van der Waals surface area contributed by atoms with Crippen LogP contribution in [0.2, 0.25) is 0 Å². The molecular weight excluding hydrogens is 274 g/mol. The number of carboxylic acid groups (broad SMARTS) is 2. The fraction of sp³-hybridized carbons (Fsp3) is 0.267. The van der Waals surface area contributed by atoms with E-state index < -0.39 is 23.9 Å². The van der Waals surface area contributed by atoms with Crippen molar-refractivity contribution in [3.05, 3.63) is 42.0 Å². The van der Waals surface area contributed by atoms with Crippen LogP contribution in [0.5, 0.6) is 0 Å². The fourth-order valence-electron chi connectivity index (χ4n) is 1.67. The van der Waals surface area contributed by atoms with Gasteiger partial charge in [-0.25, -0.2) is 4.79 Å². The van der Waals surface area contributed by atoms with Gasteiger partial charge < -0.3 is 15.1 Å². The minimum atomic E-state index is -1.18. The molecule has 21 heavy (non-hydrogen) atoms. The van der Waals surface area contributed by atoms with Crippen molar-refractivity contribution < 1.29 is 24.6 Å². The molecule has 6 nitrogen and oxygen atoms in total. The number of carboxylic acids is 2. The molecule has 0 spiro atoms.